The van der Waals surface area contributed by atoms with Gasteiger partial charge in [0.05, 0.1) is 28.9 Å². The highest BCUT2D eigenvalue weighted by molar-refractivity contribution is 6.31. The van der Waals surface area contributed by atoms with E-state index < -0.39 is 11.7 Å². The fourth-order valence-corrected chi connectivity index (χ4v) is 2.98. The Bertz CT molecular complexity index is 803. The van der Waals surface area contributed by atoms with E-state index >= 15 is 0 Å². The molecule has 1 atom stereocenters. The first-order chi connectivity index (χ1) is 10.9. The number of rotatable bonds is 3. The Kier molecular flexibility index (Phi) is 3.93. The van der Waals surface area contributed by atoms with Crippen LogP contribution in [0.2, 0.25) is 5.02 Å². The lowest BCUT2D eigenvalue weighted by Gasteiger charge is -2.16. The van der Waals surface area contributed by atoms with E-state index in [9.17, 15) is 14.0 Å². The average molecular weight is 336 g/mol. The molecule has 2 amide bonds. The first kappa shape index (κ1) is 15.7. The lowest BCUT2D eigenvalue weighted by molar-refractivity contribution is -0.122. The SMILES string of the molecule is Cc1cc(C)n(C[C@H]2CC(=O)N(c3ccc(F)c(Cl)c3)C2=O)n1. The van der Waals surface area contributed by atoms with E-state index in [0.29, 0.717) is 12.2 Å². The fourth-order valence-electron chi connectivity index (χ4n) is 2.80. The third kappa shape index (κ3) is 2.86. The predicted molar refractivity (Wildman–Crippen MR) is 83.7 cm³/mol. The molecular weight excluding hydrogens is 321 g/mol. The lowest BCUT2D eigenvalue weighted by atomic mass is 10.1. The third-order valence-corrected chi connectivity index (χ3v) is 4.19. The minimum Gasteiger partial charge on any atom is -0.274 e. The van der Waals surface area contributed by atoms with Gasteiger partial charge in [0.15, 0.2) is 0 Å². The second-order valence-corrected chi connectivity index (χ2v) is 6.08. The van der Waals surface area contributed by atoms with Crippen molar-refractivity contribution in [1.29, 1.82) is 0 Å². The molecular formula is C16H15ClFN3O2. The zero-order valence-electron chi connectivity index (χ0n) is 12.7. The van der Waals surface area contributed by atoms with Crippen LogP contribution in [0.5, 0.6) is 0 Å². The number of aromatic nitrogens is 2. The van der Waals surface area contributed by atoms with Gasteiger partial charge in [-0.05, 0) is 38.1 Å². The van der Waals surface area contributed by atoms with Crippen LogP contribution in [0.15, 0.2) is 24.3 Å². The molecule has 5 nitrogen and oxygen atoms in total. The molecule has 1 aliphatic rings. The predicted octanol–water partition coefficient (Wildman–Crippen LogP) is 2.87. The van der Waals surface area contributed by atoms with Crippen LogP contribution >= 0.6 is 11.6 Å². The van der Waals surface area contributed by atoms with Crippen LogP contribution in [0.1, 0.15) is 17.8 Å². The minimum absolute atomic E-state index is 0.103. The van der Waals surface area contributed by atoms with Gasteiger partial charge < -0.3 is 0 Å². The maximum Gasteiger partial charge on any atom is 0.239 e. The Morgan fingerprint density at radius 3 is 2.65 bits per heavy atom. The van der Waals surface area contributed by atoms with Crippen LogP contribution in [0.3, 0.4) is 0 Å². The number of carbonyl (C=O) groups excluding carboxylic acids is 2. The van der Waals surface area contributed by atoms with Crippen LogP contribution in [0, 0.1) is 25.6 Å². The summed E-state index contributed by atoms with van der Waals surface area (Å²) >= 11 is 5.74. The third-order valence-electron chi connectivity index (χ3n) is 3.90. The number of hydrogen-bond donors (Lipinski definition) is 0. The Morgan fingerprint density at radius 1 is 1.30 bits per heavy atom. The maximum absolute atomic E-state index is 13.3. The summed E-state index contributed by atoms with van der Waals surface area (Å²) < 4.78 is 15.0. The number of nitrogens with zero attached hydrogens (tertiary/aromatic N) is 3. The number of hydrogen-bond acceptors (Lipinski definition) is 3. The molecule has 2 aromatic rings. The summed E-state index contributed by atoms with van der Waals surface area (Å²) in [6, 6.07) is 5.73. The second kappa shape index (κ2) is 5.77. The molecule has 3 rings (SSSR count). The molecule has 7 heteroatoms. The van der Waals surface area contributed by atoms with Gasteiger partial charge >= 0.3 is 0 Å². The van der Waals surface area contributed by atoms with Gasteiger partial charge in [0.2, 0.25) is 11.8 Å². The summed E-state index contributed by atoms with van der Waals surface area (Å²) in [5, 5.41) is 4.20. The Morgan fingerprint density at radius 2 is 2.04 bits per heavy atom. The number of carbonyl (C=O) groups is 2. The van der Waals surface area contributed by atoms with E-state index in [4.69, 9.17) is 11.6 Å². The van der Waals surface area contributed by atoms with Crippen molar-refractivity contribution in [3.8, 4) is 0 Å². The summed E-state index contributed by atoms with van der Waals surface area (Å²) in [5.74, 6) is -1.70. The number of halogens is 2. The zero-order chi connectivity index (χ0) is 16.7. The molecule has 0 bridgehead atoms. The lowest BCUT2D eigenvalue weighted by Crippen LogP contribution is -2.31. The summed E-state index contributed by atoms with van der Waals surface area (Å²) in [5.41, 5.74) is 2.09. The van der Waals surface area contributed by atoms with E-state index in [1.54, 1.807) is 4.68 Å². The van der Waals surface area contributed by atoms with Crippen molar-refractivity contribution in [3.63, 3.8) is 0 Å². The highest BCUT2D eigenvalue weighted by Gasteiger charge is 2.40. The summed E-state index contributed by atoms with van der Waals surface area (Å²) in [7, 11) is 0. The molecule has 1 saturated heterocycles. The molecule has 1 fully saturated rings. The van der Waals surface area contributed by atoms with Crippen LogP contribution in [0.25, 0.3) is 0 Å². The summed E-state index contributed by atoms with van der Waals surface area (Å²) in [6.45, 7) is 4.12. The molecule has 0 saturated carbocycles. The number of anilines is 1. The van der Waals surface area contributed by atoms with Gasteiger partial charge in [0, 0.05) is 12.1 Å². The Balaban J connectivity index is 1.85. The van der Waals surface area contributed by atoms with E-state index in [2.05, 4.69) is 5.10 Å². The van der Waals surface area contributed by atoms with E-state index in [-0.39, 0.29) is 23.3 Å². The number of imide groups is 1. The number of aryl methyl sites for hydroxylation is 2. The van der Waals surface area contributed by atoms with Crippen molar-refractivity contribution in [3.05, 3.63) is 46.5 Å². The van der Waals surface area contributed by atoms with Crippen molar-refractivity contribution in [1.82, 2.24) is 9.78 Å². The zero-order valence-corrected chi connectivity index (χ0v) is 13.5. The van der Waals surface area contributed by atoms with Gasteiger partial charge in [-0.3, -0.25) is 19.2 Å². The first-order valence-electron chi connectivity index (χ1n) is 7.19. The van der Waals surface area contributed by atoms with Gasteiger partial charge in [0.25, 0.3) is 0 Å². The fraction of sp³-hybridized carbons (Fsp3) is 0.312. The van der Waals surface area contributed by atoms with E-state index in [0.717, 1.165) is 22.4 Å². The van der Waals surface area contributed by atoms with Gasteiger partial charge in [-0.25, -0.2) is 4.39 Å². The van der Waals surface area contributed by atoms with E-state index in [1.165, 1.54) is 12.1 Å². The number of benzene rings is 1. The van der Waals surface area contributed by atoms with Crippen molar-refractivity contribution >= 4 is 29.1 Å². The van der Waals surface area contributed by atoms with Crippen LogP contribution in [-0.4, -0.2) is 21.6 Å². The van der Waals surface area contributed by atoms with Crippen molar-refractivity contribution in [2.24, 2.45) is 5.92 Å². The first-order valence-corrected chi connectivity index (χ1v) is 7.57. The smallest absolute Gasteiger partial charge is 0.239 e. The topological polar surface area (TPSA) is 55.2 Å². The van der Waals surface area contributed by atoms with Crippen molar-refractivity contribution in [2.45, 2.75) is 26.8 Å². The number of amides is 2. The molecule has 1 aliphatic heterocycles. The quantitative estimate of drug-likeness (QED) is 0.810. The monoisotopic (exact) mass is 335 g/mol. The standard InChI is InChI=1S/C16H15ClFN3O2/c1-9-5-10(2)20(19-9)8-11-6-15(22)21(16(11)23)12-3-4-14(18)13(17)7-12/h3-5,7,11H,6,8H2,1-2H3/t11-/m1/s1. The van der Waals surface area contributed by atoms with Gasteiger partial charge in [-0.1, -0.05) is 11.6 Å². The normalized spacial score (nSPS) is 18.1. The van der Waals surface area contributed by atoms with Crippen LogP contribution in [0.4, 0.5) is 10.1 Å². The highest BCUT2D eigenvalue weighted by atomic mass is 35.5. The molecule has 120 valence electrons. The maximum atomic E-state index is 13.3. The van der Waals surface area contributed by atoms with Crippen LogP contribution < -0.4 is 4.90 Å². The van der Waals surface area contributed by atoms with E-state index in [1.807, 2.05) is 19.9 Å². The molecule has 2 heterocycles. The van der Waals surface area contributed by atoms with Gasteiger partial charge in [-0.15, -0.1) is 0 Å². The van der Waals surface area contributed by atoms with Gasteiger partial charge in [-0.2, -0.15) is 5.10 Å². The molecule has 1 aromatic heterocycles. The second-order valence-electron chi connectivity index (χ2n) is 5.68. The average Bonchev–Trinajstić information content (AvgIpc) is 2.93. The Hall–Kier alpha value is -2.21. The summed E-state index contributed by atoms with van der Waals surface area (Å²) in [4.78, 5) is 25.8. The van der Waals surface area contributed by atoms with Crippen molar-refractivity contribution in [2.75, 3.05) is 4.90 Å². The van der Waals surface area contributed by atoms with Crippen LogP contribution in [-0.2, 0) is 16.1 Å². The van der Waals surface area contributed by atoms with Gasteiger partial charge in [0.1, 0.15) is 5.82 Å². The Labute approximate surface area is 137 Å². The minimum atomic E-state index is -0.589. The molecule has 0 aliphatic carbocycles. The largest absolute Gasteiger partial charge is 0.274 e. The molecule has 0 unspecified atom stereocenters. The molecule has 0 N–H and O–H groups in total. The molecule has 0 radical (unpaired) electrons. The van der Waals surface area contributed by atoms with Crippen molar-refractivity contribution < 1.29 is 14.0 Å². The molecule has 1 aromatic carbocycles. The highest BCUT2D eigenvalue weighted by Crippen LogP contribution is 2.30. The molecule has 23 heavy (non-hydrogen) atoms. The summed E-state index contributed by atoms with van der Waals surface area (Å²) in [6.07, 6.45) is 0.103. The molecule has 0 spiro atoms.